The Morgan fingerprint density at radius 2 is 1.85 bits per heavy atom. The van der Waals surface area contributed by atoms with Crippen LogP contribution in [0.4, 0.5) is 17.5 Å². The Balaban J connectivity index is 1.32. The van der Waals surface area contributed by atoms with Crippen LogP contribution < -0.4 is 10.2 Å². The number of aromatic nitrogens is 2. The first kappa shape index (κ1) is 20.4. The number of fused-ring (bicyclic) bond motifs is 1. The smallest absolute Gasteiger partial charge is 0.134 e. The molecule has 33 heavy (non-hydrogen) atoms. The zero-order valence-corrected chi connectivity index (χ0v) is 18.6. The van der Waals surface area contributed by atoms with Gasteiger partial charge in [-0.15, -0.1) is 0 Å². The largest absolute Gasteiger partial charge is 0.378 e. The molecular weight excluding hydrogens is 414 g/mol. The highest BCUT2D eigenvalue weighted by Crippen LogP contribution is 2.47. The Bertz CT molecular complexity index is 1130. The second-order valence-electron chi connectivity index (χ2n) is 9.85. The van der Waals surface area contributed by atoms with Crippen LogP contribution in [-0.2, 0) is 10.2 Å². The van der Waals surface area contributed by atoms with Crippen molar-refractivity contribution in [1.29, 1.82) is 10.5 Å². The van der Waals surface area contributed by atoms with E-state index in [0.29, 0.717) is 23.2 Å². The van der Waals surface area contributed by atoms with Gasteiger partial charge < -0.3 is 15.0 Å². The number of nitrogens with one attached hydrogen (secondary N) is 1. The van der Waals surface area contributed by atoms with Crippen LogP contribution >= 0.6 is 0 Å². The Hall–Kier alpha value is -3.20. The number of rotatable bonds is 5. The van der Waals surface area contributed by atoms with Crippen LogP contribution in [0.1, 0.15) is 30.4 Å². The van der Waals surface area contributed by atoms with Crippen LogP contribution in [-0.4, -0.2) is 60.3 Å². The molecule has 6 rings (SSSR count). The maximum atomic E-state index is 10.3. The SMILES string of the molecule is N#Cc1ccnc(Nc2cc(C3(C#N)CCN(C4COC4)CC3)cc(N3CC4CC4C3)n2)c1. The fourth-order valence-corrected chi connectivity index (χ4v) is 5.47. The number of piperidine rings is 2. The van der Waals surface area contributed by atoms with Crippen molar-refractivity contribution in [3.63, 3.8) is 0 Å². The highest BCUT2D eigenvalue weighted by atomic mass is 16.5. The van der Waals surface area contributed by atoms with E-state index >= 15 is 0 Å². The molecule has 168 valence electrons. The molecule has 8 heteroatoms. The zero-order valence-electron chi connectivity index (χ0n) is 18.6. The number of nitriles is 2. The summed E-state index contributed by atoms with van der Waals surface area (Å²) in [5, 5.41) is 22.9. The summed E-state index contributed by atoms with van der Waals surface area (Å²) < 4.78 is 5.37. The second-order valence-corrected chi connectivity index (χ2v) is 9.85. The van der Waals surface area contributed by atoms with Gasteiger partial charge in [-0.2, -0.15) is 10.5 Å². The molecule has 2 unspecified atom stereocenters. The summed E-state index contributed by atoms with van der Waals surface area (Å²) in [6.45, 7) is 5.50. The third kappa shape index (κ3) is 3.80. The molecule has 2 aromatic rings. The molecule has 0 bridgehead atoms. The Kier molecular flexibility index (Phi) is 4.94. The minimum Gasteiger partial charge on any atom is -0.378 e. The molecule has 3 saturated heterocycles. The second kappa shape index (κ2) is 7.98. The summed E-state index contributed by atoms with van der Waals surface area (Å²) in [6.07, 6.45) is 4.55. The first-order valence-corrected chi connectivity index (χ1v) is 11.8. The summed E-state index contributed by atoms with van der Waals surface area (Å²) in [5.74, 6) is 3.77. The van der Waals surface area contributed by atoms with Crippen LogP contribution in [0, 0.1) is 34.5 Å². The number of hydrogen-bond donors (Lipinski definition) is 1. The fraction of sp³-hybridized carbons (Fsp3) is 0.520. The molecule has 1 saturated carbocycles. The van der Waals surface area contributed by atoms with E-state index in [1.54, 1.807) is 18.3 Å². The van der Waals surface area contributed by atoms with Crippen molar-refractivity contribution < 1.29 is 4.74 Å². The average molecular weight is 442 g/mol. The van der Waals surface area contributed by atoms with Crippen LogP contribution in [0.15, 0.2) is 30.5 Å². The Labute approximate surface area is 193 Å². The Morgan fingerprint density at radius 1 is 1.06 bits per heavy atom. The van der Waals surface area contributed by atoms with Gasteiger partial charge in [0.15, 0.2) is 0 Å². The topological polar surface area (TPSA) is 101 Å². The van der Waals surface area contributed by atoms with Gasteiger partial charge in [-0.1, -0.05) is 0 Å². The van der Waals surface area contributed by atoms with Gasteiger partial charge in [0.1, 0.15) is 17.5 Å². The molecule has 2 atom stereocenters. The molecule has 0 amide bonds. The maximum absolute atomic E-state index is 10.3. The quantitative estimate of drug-likeness (QED) is 0.756. The molecule has 8 nitrogen and oxygen atoms in total. The molecule has 1 N–H and O–H groups in total. The standard InChI is InChI=1S/C25H27N7O/c26-11-17-1-4-28-22(7-17)29-23-9-20(10-24(30-23)32-12-18-8-19(18)13-32)25(16-27)2-5-31(6-3-25)21-14-33-15-21/h1,4,7,9-10,18-19,21H,2-3,5-6,8,12-15H2,(H,28,29,30). The van der Waals surface area contributed by atoms with E-state index in [-0.39, 0.29) is 0 Å². The van der Waals surface area contributed by atoms with Crippen molar-refractivity contribution in [2.45, 2.75) is 30.7 Å². The van der Waals surface area contributed by atoms with Gasteiger partial charge in [0, 0.05) is 32.4 Å². The summed E-state index contributed by atoms with van der Waals surface area (Å²) in [4.78, 5) is 14.1. The van der Waals surface area contributed by atoms with E-state index in [9.17, 15) is 10.5 Å². The predicted molar refractivity (Wildman–Crippen MR) is 123 cm³/mol. The number of likely N-dealkylation sites (tertiary alicyclic amines) is 1. The number of anilines is 3. The highest BCUT2D eigenvalue weighted by Gasteiger charge is 2.46. The van der Waals surface area contributed by atoms with Gasteiger partial charge in [0.2, 0.25) is 0 Å². The van der Waals surface area contributed by atoms with Crippen molar-refractivity contribution in [1.82, 2.24) is 14.9 Å². The maximum Gasteiger partial charge on any atom is 0.134 e. The number of pyridine rings is 2. The average Bonchev–Trinajstić information content (AvgIpc) is 3.43. The summed E-state index contributed by atoms with van der Waals surface area (Å²) in [7, 11) is 0. The minimum absolute atomic E-state index is 0.502. The number of nitrogens with zero attached hydrogens (tertiary/aromatic N) is 6. The van der Waals surface area contributed by atoms with Crippen molar-refractivity contribution in [3.8, 4) is 12.1 Å². The normalized spacial score (nSPS) is 26.1. The Morgan fingerprint density at radius 3 is 2.52 bits per heavy atom. The van der Waals surface area contributed by atoms with E-state index in [2.05, 4.69) is 38.3 Å². The van der Waals surface area contributed by atoms with Gasteiger partial charge in [0.05, 0.1) is 42.4 Å². The number of hydrogen-bond acceptors (Lipinski definition) is 8. The van der Waals surface area contributed by atoms with Crippen molar-refractivity contribution in [2.75, 3.05) is 49.6 Å². The van der Waals surface area contributed by atoms with Crippen molar-refractivity contribution >= 4 is 17.5 Å². The summed E-state index contributed by atoms with van der Waals surface area (Å²) in [6, 6.07) is 12.9. The van der Waals surface area contributed by atoms with Gasteiger partial charge >= 0.3 is 0 Å². The van der Waals surface area contributed by atoms with Crippen LogP contribution in [0.2, 0.25) is 0 Å². The predicted octanol–water partition coefficient (Wildman–Crippen LogP) is 2.80. The molecule has 0 aromatic carbocycles. The first-order chi connectivity index (χ1) is 16.2. The van der Waals surface area contributed by atoms with Crippen molar-refractivity contribution in [2.24, 2.45) is 11.8 Å². The lowest BCUT2D eigenvalue weighted by Gasteiger charge is -2.44. The molecule has 2 aromatic heterocycles. The van der Waals surface area contributed by atoms with Gasteiger partial charge in [-0.3, -0.25) is 4.90 Å². The molecule has 0 radical (unpaired) electrons. The van der Waals surface area contributed by atoms with Gasteiger partial charge in [-0.25, -0.2) is 9.97 Å². The van der Waals surface area contributed by atoms with E-state index in [1.165, 1.54) is 6.42 Å². The van der Waals surface area contributed by atoms with Gasteiger partial charge in [-0.05, 0) is 60.9 Å². The molecule has 5 heterocycles. The van der Waals surface area contributed by atoms with E-state index in [0.717, 1.165) is 75.5 Å². The lowest BCUT2D eigenvalue weighted by molar-refractivity contribution is -0.0736. The third-order valence-electron chi connectivity index (χ3n) is 7.81. The fourth-order valence-electron chi connectivity index (χ4n) is 5.47. The molecular formula is C25H27N7O. The molecule has 0 spiro atoms. The zero-order chi connectivity index (χ0) is 22.4. The molecule has 4 aliphatic rings. The minimum atomic E-state index is -0.528. The lowest BCUT2D eigenvalue weighted by atomic mass is 9.74. The third-order valence-corrected chi connectivity index (χ3v) is 7.81. The van der Waals surface area contributed by atoms with E-state index in [4.69, 9.17) is 9.72 Å². The van der Waals surface area contributed by atoms with E-state index in [1.807, 2.05) is 6.07 Å². The highest BCUT2D eigenvalue weighted by molar-refractivity contribution is 5.60. The first-order valence-electron chi connectivity index (χ1n) is 11.8. The van der Waals surface area contributed by atoms with Crippen LogP contribution in [0.25, 0.3) is 0 Å². The summed E-state index contributed by atoms with van der Waals surface area (Å²) in [5.41, 5.74) is 1.04. The van der Waals surface area contributed by atoms with E-state index < -0.39 is 5.41 Å². The monoisotopic (exact) mass is 441 g/mol. The molecule has 3 aliphatic heterocycles. The van der Waals surface area contributed by atoms with Crippen LogP contribution in [0.5, 0.6) is 0 Å². The molecule has 1 aliphatic carbocycles. The van der Waals surface area contributed by atoms with Crippen LogP contribution in [0.3, 0.4) is 0 Å². The molecule has 4 fully saturated rings. The lowest BCUT2D eigenvalue weighted by Crippen LogP contribution is -2.54. The summed E-state index contributed by atoms with van der Waals surface area (Å²) >= 11 is 0. The van der Waals surface area contributed by atoms with Gasteiger partial charge in [0.25, 0.3) is 0 Å². The van der Waals surface area contributed by atoms with Crippen molar-refractivity contribution in [3.05, 3.63) is 41.6 Å². The number of ether oxygens (including phenoxy) is 1.